The first-order chi connectivity index (χ1) is 10.6. The highest BCUT2D eigenvalue weighted by Gasteiger charge is 2.33. The maximum Gasteiger partial charge on any atom is 0.177 e. The molecule has 1 aromatic rings. The number of allylic oxidation sites excluding steroid dienone is 2. The van der Waals surface area contributed by atoms with Gasteiger partial charge in [0.1, 0.15) is 0 Å². The second-order valence-electron chi connectivity index (χ2n) is 6.94. The van der Waals surface area contributed by atoms with Crippen LogP contribution in [0.3, 0.4) is 0 Å². The van der Waals surface area contributed by atoms with Crippen molar-refractivity contribution in [3.63, 3.8) is 0 Å². The van der Waals surface area contributed by atoms with E-state index in [1.165, 1.54) is 37.7 Å². The first-order valence-electron chi connectivity index (χ1n) is 8.37. The molecule has 0 spiro atoms. The fraction of sp³-hybridized carbons (Fsp3) is 0.450. The quantitative estimate of drug-likeness (QED) is 0.554. The summed E-state index contributed by atoms with van der Waals surface area (Å²) in [7, 11) is -0.482. The fourth-order valence-electron chi connectivity index (χ4n) is 3.52. The highest BCUT2D eigenvalue weighted by atomic mass is 32.2. The summed E-state index contributed by atoms with van der Waals surface area (Å²) < 4.78 is -0.314. The van der Waals surface area contributed by atoms with E-state index in [0.717, 1.165) is 5.56 Å². The van der Waals surface area contributed by atoms with E-state index in [4.69, 9.17) is 0 Å². The Balaban J connectivity index is 1.75. The lowest BCUT2D eigenvalue weighted by Gasteiger charge is -2.31. The zero-order valence-electron chi connectivity index (χ0n) is 13.6. The van der Waals surface area contributed by atoms with E-state index in [-0.39, 0.29) is 10.5 Å². The van der Waals surface area contributed by atoms with Gasteiger partial charge in [0, 0.05) is 5.56 Å². The van der Waals surface area contributed by atoms with Gasteiger partial charge < -0.3 is 0 Å². The van der Waals surface area contributed by atoms with Crippen LogP contribution >= 0.6 is 10.9 Å². The highest BCUT2D eigenvalue weighted by molar-refractivity contribution is 8.24. The molecular weight excluding hydrogens is 288 g/mol. The van der Waals surface area contributed by atoms with E-state index >= 15 is 0 Å². The Hall–Kier alpha value is -1.28. The summed E-state index contributed by atoms with van der Waals surface area (Å²) in [6.07, 6.45) is 10.8. The molecule has 0 amide bonds. The Morgan fingerprint density at radius 1 is 1.00 bits per heavy atom. The molecule has 1 aromatic carbocycles. The maximum absolute atomic E-state index is 12.9. The molecule has 0 atom stereocenters. The molecule has 0 aromatic heterocycles. The molecule has 0 radical (unpaired) electrons. The number of thiol groups is 1. The van der Waals surface area contributed by atoms with E-state index < -0.39 is 10.9 Å². The van der Waals surface area contributed by atoms with Crippen molar-refractivity contribution >= 4 is 16.7 Å². The van der Waals surface area contributed by atoms with Gasteiger partial charge in [0.2, 0.25) is 0 Å². The lowest BCUT2D eigenvalue weighted by atomic mass is 9.83. The van der Waals surface area contributed by atoms with Crippen LogP contribution in [-0.4, -0.2) is 10.5 Å². The molecule has 0 bridgehead atoms. The van der Waals surface area contributed by atoms with Crippen molar-refractivity contribution in [1.29, 1.82) is 0 Å². The number of Topliss-reactive ketones (excluding diaryl/α,β-unsaturated/α-hetero) is 1. The Kier molecular flexibility index (Phi) is 4.58. The third-order valence-electron chi connectivity index (χ3n) is 5.06. The predicted molar refractivity (Wildman–Crippen MR) is 97.9 cm³/mol. The zero-order chi connectivity index (χ0) is 15.6. The summed E-state index contributed by atoms with van der Waals surface area (Å²) in [5, 5.41) is 4.37. The van der Waals surface area contributed by atoms with Crippen molar-refractivity contribution in [1.82, 2.24) is 0 Å². The van der Waals surface area contributed by atoms with Crippen LogP contribution in [0.2, 0.25) is 0 Å². The van der Waals surface area contributed by atoms with Gasteiger partial charge in [0.05, 0.1) is 4.75 Å². The molecule has 2 heteroatoms. The van der Waals surface area contributed by atoms with Gasteiger partial charge in [-0.1, -0.05) is 55.7 Å². The van der Waals surface area contributed by atoms with E-state index in [1.54, 1.807) is 0 Å². The fourth-order valence-corrected chi connectivity index (χ4v) is 5.30. The molecule has 0 N–H and O–H groups in total. The van der Waals surface area contributed by atoms with Crippen LogP contribution in [0.4, 0.5) is 0 Å². The van der Waals surface area contributed by atoms with Gasteiger partial charge in [-0.2, -0.15) is 0 Å². The molecule has 1 fully saturated rings. The van der Waals surface area contributed by atoms with Crippen molar-refractivity contribution in [2.75, 3.05) is 0 Å². The van der Waals surface area contributed by atoms with Gasteiger partial charge >= 0.3 is 0 Å². The second-order valence-corrected chi connectivity index (χ2v) is 9.46. The van der Waals surface area contributed by atoms with E-state index in [0.29, 0.717) is 5.92 Å². The van der Waals surface area contributed by atoms with Gasteiger partial charge in [0.15, 0.2) is 5.78 Å². The Bertz CT molecular complexity index is 577. The van der Waals surface area contributed by atoms with Crippen LogP contribution in [0.25, 0.3) is 0 Å². The number of carbonyl (C=O) groups is 1. The van der Waals surface area contributed by atoms with E-state index in [2.05, 4.69) is 48.9 Å². The van der Waals surface area contributed by atoms with Crippen molar-refractivity contribution in [2.45, 2.75) is 56.6 Å². The number of hydrogen-bond donors (Lipinski definition) is 1. The minimum absolute atomic E-state index is 0.269. The number of benzene rings is 1. The van der Waals surface area contributed by atoms with Crippen molar-refractivity contribution in [2.24, 2.45) is 0 Å². The number of rotatable bonds is 4. The number of ketones is 1. The summed E-state index contributed by atoms with van der Waals surface area (Å²) >= 11 is 0. The summed E-state index contributed by atoms with van der Waals surface area (Å²) in [4.78, 5) is 12.9. The number of hydrogen-bond acceptors (Lipinski definition) is 1. The molecule has 118 valence electrons. The van der Waals surface area contributed by atoms with Crippen molar-refractivity contribution < 1.29 is 4.79 Å². The SMILES string of the molecule is CC(C)(C(=O)c1ccc(C2CCCCC2)cc1)[SH]1C=CC=C1. The molecule has 1 saturated carbocycles. The molecule has 1 nitrogen and oxygen atoms in total. The van der Waals surface area contributed by atoms with Crippen molar-refractivity contribution in [3.05, 3.63) is 58.4 Å². The topological polar surface area (TPSA) is 17.1 Å². The first kappa shape index (κ1) is 15.6. The summed E-state index contributed by atoms with van der Waals surface area (Å²) in [5.41, 5.74) is 2.28. The Morgan fingerprint density at radius 3 is 2.18 bits per heavy atom. The summed E-state index contributed by atoms with van der Waals surface area (Å²) in [6.45, 7) is 4.16. The van der Waals surface area contributed by atoms with Crippen molar-refractivity contribution in [3.8, 4) is 0 Å². The normalized spacial score (nSPS) is 20.5. The molecule has 1 aliphatic carbocycles. The molecule has 1 heterocycles. The monoisotopic (exact) mass is 314 g/mol. The van der Waals surface area contributed by atoms with Crippen LogP contribution in [0.15, 0.2) is 47.2 Å². The van der Waals surface area contributed by atoms with Gasteiger partial charge in [-0.15, -0.1) is 0 Å². The van der Waals surface area contributed by atoms with Crippen LogP contribution in [-0.2, 0) is 0 Å². The lowest BCUT2D eigenvalue weighted by Crippen LogP contribution is -2.30. The summed E-state index contributed by atoms with van der Waals surface area (Å²) in [6, 6.07) is 8.47. The van der Waals surface area contributed by atoms with Gasteiger partial charge in [-0.05, 0) is 49.0 Å². The molecule has 22 heavy (non-hydrogen) atoms. The van der Waals surface area contributed by atoms with Crippen LogP contribution in [0.1, 0.15) is 67.8 Å². The predicted octanol–water partition coefficient (Wildman–Crippen LogP) is 5.74. The Morgan fingerprint density at radius 2 is 1.59 bits per heavy atom. The maximum atomic E-state index is 12.9. The zero-order valence-corrected chi connectivity index (χ0v) is 14.5. The van der Waals surface area contributed by atoms with Gasteiger partial charge in [-0.25, -0.2) is 10.9 Å². The first-order valence-corrected chi connectivity index (χ1v) is 9.85. The van der Waals surface area contributed by atoms with Gasteiger partial charge in [-0.3, -0.25) is 4.79 Å². The molecule has 0 saturated heterocycles. The van der Waals surface area contributed by atoms with E-state index in [1.807, 2.05) is 12.1 Å². The highest BCUT2D eigenvalue weighted by Crippen LogP contribution is 2.47. The third kappa shape index (κ3) is 3.08. The van der Waals surface area contributed by atoms with Crippen LogP contribution < -0.4 is 0 Å². The average molecular weight is 314 g/mol. The molecule has 0 unspecified atom stereocenters. The second kappa shape index (κ2) is 6.45. The number of carbonyl (C=O) groups excluding carboxylic acids is 1. The van der Waals surface area contributed by atoms with Gasteiger partial charge in [0.25, 0.3) is 0 Å². The molecular formula is C20H26OS. The average Bonchev–Trinajstić information content (AvgIpc) is 3.10. The molecule has 3 rings (SSSR count). The lowest BCUT2D eigenvalue weighted by molar-refractivity contribution is 0.0958. The molecule has 1 aliphatic heterocycles. The Labute approximate surface area is 136 Å². The van der Waals surface area contributed by atoms with E-state index in [9.17, 15) is 4.79 Å². The smallest absolute Gasteiger partial charge is 0.177 e. The third-order valence-corrected chi connectivity index (χ3v) is 7.54. The van der Waals surface area contributed by atoms with Crippen LogP contribution in [0.5, 0.6) is 0 Å². The van der Waals surface area contributed by atoms with Crippen LogP contribution in [0, 0.1) is 0 Å². The standard InChI is InChI=1S/C20H26OS/c1-20(2,22-14-6-7-15-22)19(21)18-12-10-17(11-13-18)16-8-4-3-5-9-16/h6-7,10-16,22H,3-5,8-9H2,1-2H3. The molecule has 2 aliphatic rings. The minimum Gasteiger partial charge on any atom is -0.293 e. The summed E-state index contributed by atoms with van der Waals surface area (Å²) in [5.74, 6) is 0.973. The minimum atomic E-state index is -0.482. The largest absolute Gasteiger partial charge is 0.293 e.